The van der Waals surface area contributed by atoms with Crippen LogP contribution in [0.4, 0.5) is 0 Å². The van der Waals surface area contributed by atoms with Crippen LogP contribution >= 0.6 is 12.4 Å². The molecule has 2 N–H and O–H groups in total. The van der Waals surface area contributed by atoms with E-state index in [1.165, 1.54) is 0 Å². The lowest BCUT2D eigenvalue weighted by molar-refractivity contribution is -0.136. The smallest absolute Gasteiger partial charge is 0.228 e. The van der Waals surface area contributed by atoms with E-state index in [9.17, 15) is 4.79 Å². The molecule has 0 bridgehead atoms. The third-order valence-electron chi connectivity index (χ3n) is 3.83. The summed E-state index contributed by atoms with van der Waals surface area (Å²) in [6.45, 7) is 5.99. The van der Waals surface area contributed by atoms with Crippen molar-refractivity contribution in [1.29, 1.82) is 0 Å². The molecule has 0 unspecified atom stereocenters. The molecule has 5 heteroatoms. The normalized spacial score (nSPS) is 34.5. The van der Waals surface area contributed by atoms with E-state index in [1.54, 1.807) is 0 Å². The molecule has 15 heavy (non-hydrogen) atoms. The van der Waals surface area contributed by atoms with Crippen LogP contribution in [0.25, 0.3) is 0 Å². The van der Waals surface area contributed by atoms with Gasteiger partial charge >= 0.3 is 0 Å². The maximum absolute atomic E-state index is 11.9. The summed E-state index contributed by atoms with van der Waals surface area (Å²) in [5, 5.41) is 6.55. The van der Waals surface area contributed by atoms with Crippen LogP contribution in [0.1, 0.15) is 0 Å². The maximum atomic E-state index is 11.9. The lowest BCUT2D eigenvalue weighted by Crippen LogP contribution is -2.51. The number of nitrogens with one attached hydrogen (secondary N) is 2. The van der Waals surface area contributed by atoms with E-state index in [-0.39, 0.29) is 18.3 Å². The van der Waals surface area contributed by atoms with Gasteiger partial charge < -0.3 is 15.5 Å². The molecule has 3 aliphatic rings. The summed E-state index contributed by atoms with van der Waals surface area (Å²) in [4.78, 5) is 14.0. The van der Waals surface area contributed by atoms with Gasteiger partial charge in [0.1, 0.15) is 0 Å². The van der Waals surface area contributed by atoms with Crippen molar-refractivity contribution >= 4 is 18.3 Å². The summed E-state index contributed by atoms with van der Waals surface area (Å²) in [7, 11) is 0. The molecule has 4 nitrogen and oxygen atoms in total. The second-order valence-electron chi connectivity index (χ2n) is 4.78. The summed E-state index contributed by atoms with van der Waals surface area (Å²) >= 11 is 0. The van der Waals surface area contributed by atoms with E-state index in [2.05, 4.69) is 15.5 Å². The van der Waals surface area contributed by atoms with Crippen molar-refractivity contribution in [2.24, 2.45) is 17.8 Å². The lowest BCUT2D eigenvalue weighted by Gasteiger charge is -2.30. The minimum Gasteiger partial charge on any atom is -0.342 e. The molecule has 0 aromatic carbocycles. The van der Waals surface area contributed by atoms with Gasteiger partial charge in [-0.1, -0.05) is 0 Å². The van der Waals surface area contributed by atoms with Crippen LogP contribution in [0.3, 0.4) is 0 Å². The summed E-state index contributed by atoms with van der Waals surface area (Å²) in [5.41, 5.74) is 0. The van der Waals surface area contributed by atoms with Crippen LogP contribution in [0.15, 0.2) is 0 Å². The van der Waals surface area contributed by atoms with Gasteiger partial charge in [0.15, 0.2) is 0 Å². The Morgan fingerprint density at radius 1 is 1.00 bits per heavy atom. The van der Waals surface area contributed by atoms with Gasteiger partial charge in [0.2, 0.25) is 5.91 Å². The molecule has 3 saturated heterocycles. The molecule has 3 fully saturated rings. The fourth-order valence-electron chi connectivity index (χ4n) is 2.76. The van der Waals surface area contributed by atoms with Crippen LogP contribution in [-0.2, 0) is 4.79 Å². The van der Waals surface area contributed by atoms with E-state index in [0.29, 0.717) is 5.91 Å². The van der Waals surface area contributed by atoms with Crippen molar-refractivity contribution < 1.29 is 4.79 Å². The second-order valence-corrected chi connectivity index (χ2v) is 4.78. The monoisotopic (exact) mass is 231 g/mol. The highest BCUT2D eigenvalue weighted by Crippen LogP contribution is 2.27. The molecule has 0 spiro atoms. The number of likely N-dealkylation sites (tertiary alicyclic amines) is 1. The average Bonchev–Trinajstić information content (AvgIpc) is 2.56. The predicted octanol–water partition coefficient (Wildman–Crippen LogP) is -0.695. The van der Waals surface area contributed by atoms with Gasteiger partial charge in [-0.2, -0.15) is 0 Å². The number of amides is 1. The number of nitrogens with zero attached hydrogens (tertiary/aromatic N) is 1. The first kappa shape index (κ1) is 11.2. The first-order chi connectivity index (χ1) is 6.84. The zero-order chi connectivity index (χ0) is 9.54. The van der Waals surface area contributed by atoms with Crippen LogP contribution < -0.4 is 10.6 Å². The van der Waals surface area contributed by atoms with Crippen LogP contribution in [0, 0.1) is 17.8 Å². The van der Waals surface area contributed by atoms with Crippen molar-refractivity contribution in [2.75, 3.05) is 39.3 Å². The van der Waals surface area contributed by atoms with Gasteiger partial charge in [-0.3, -0.25) is 4.79 Å². The zero-order valence-corrected chi connectivity index (χ0v) is 9.55. The van der Waals surface area contributed by atoms with Crippen molar-refractivity contribution in [2.45, 2.75) is 0 Å². The first-order valence-electron chi connectivity index (χ1n) is 5.55. The number of rotatable bonds is 1. The molecule has 0 aromatic rings. The molecule has 0 saturated carbocycles. The van der Waals surface area contributed by atoms with E-state index < -0.39 is 0 Å². The minimum absolute atomic E-state index is 0. The minimum atomic E-state index is 0. The molecule has 86 valence electrons. The Morgan fingerprint density at radius 3 is 2.00 bits per heavy atom. The van der Waals surface area contributed by atoms with Gasteiger partial charge in [-0.05, 0) is 11.8 Å². The third kappa shape index (κ3) is 1.86. The standard InChI is InChI=1S/C10H17N3O.ClH/c14-10(7-1-11-2-7)13-5-8-3-12-4-9(8)6-13;/h7-9,11-12H,1-6H2;1H/t8-,9+;. The SMILES string of the molecule is Cl.O=C(C1CNC1)N1C[C@H]2CNC[C@H]2C1. The molecular formula is C10H18ClN3O. The average molecular weight is 232 g/mol. The number of hydrogen-bond donors (Lipinski definition) is 2. The highest BCUT2D eigenvalue weighted by atomic mass is 35.5. The van der Waals surface area contributed by atoms with Gasteiger partial charge in [0.25, 0.3) is 0 Å². The van der Waals surface area contributed by atoms with E-state index in [4.69, 9.17) is 0 Å². The molecule has 0 radical (unpaired) electrons. The van der Waals surface area contributed by atoms with Crippen molar-refractivity contribution in [3.63, 3.8) is 0 Å². The molecular weight excluding hydrogens is 214 g/mol. The molecule has 3 rings (SSSR count). The maximum Gasteiger partial charge on any atom is 0.228 e. The van der Waals surface area contributed by atoms with Crippen molar-refractivity contribution in [3.05, 3.63) is 0 Å². The van der Waals surface area contributed by atoms with Gasteiger partial charge in [0, 0.05) is 39.3 Å². The molecule has 0 aromatic heterocycles. The van der Waals surface area contributed by atoms with Gasteiger partial charge in [0.05, 0.1) is 5.92 Å². The fraction of sp³-hybridized carbons (Fsp3) is 0.900. The summed E-state index contributed by atoms with van der Waals surface area (Å²) in [6.07, 6.45) is 0. The summed E-state index contributed by atoms with van der Waals surface area (Å²) in [5.74, 6) is 2.12. The summed E-state index contributed by atoms with van der Waals surface area (Å²) in [6, 6.07) is 0. The Kier molecular flexibility index (Phi) is 3.19. The highest BCUT2D eigenvalue weighted by molar-refractivity contribution is 5.85. The van der Waals surface area contributed by atoms with E-state index in [1.807, 2.05) is 0 Å². The Labute approximate surface area is 96.2 Å². The quantitative estimate of drug-likeness (QED) is 0.628. The number of carbonyl (C=O) groups excluding carboxylic acids is 1. The van der Waals surface area contributed by atoms with Gasteiger partial charge in [-0.25, -0.2) is 0 Å². The predicted molar refractivity (Wildman–Crippen MR) is 60.0 cm³/mol. The Morgan fingerprint density at radius 2 is 1.53 bits per heavy atom. The van der Waals surface area contributed by atoms with Crippen LogP contribution in [0.5, 0.6) is 0 Å². The molecule has 2 atom stereocenters. The number of fused-ring (bicyclic) bond motifs is 1. The highest BCUT2D eigenvalue weighted by Gasteiger charge is 2.40. The van der Waals surface area contributed by atoms with Crippen molar-refractivity contribution in [1.82, 2.24) is 15.5 Å². The van der Waals surface area contributed by atoms with Crippen LogP contribution in [0.2, 0.25) is 0 Å². The summed E-state index contributed by atoms with van der Waals surface area (Å²) < 4.78 is 0. The molecule has 3 heterocycles. The molecule has 3 aliphatic heterocycles. The lowest BCUT2D eigenvalue weighted by atomic mass is 10.0. The number of hydrogen-bond acceptors (Lipinski definition) is 3. The Hall–Kier alpha value is -0.320. The van der Waals surface area contributed by atoms with E-state index >= 15 is 0 Å². The van der Waals surface area contributed by atoms with Crippen LogP contribution in [-0.4, -0.2) is 50.1 Å². The third-order valence-corrected chi connectivity index (χ3v) is 3.83. The molecule has 1 amide bonds. The largest absolute Gasteiger partial charge is 0.342 e. The first-order valence-corrected chi connectivity index (χ1v) is 5.55. The van der Waals surface area contributed by atoms with Gasteiger partial charge in [-0.15, -0.1) is 12.4 Å². The van der Waals surface area contributed by atoms with E-state index in [0.717, 1.165) is 51.1 Å². The van der Waals surface area contributed by atoms with Crippen molar-refractivity contribution in [3.8, 4) is 0 Å². The second kappa shape index (κ2) is 4.28. The topological polar surface area (TPSA) is 44.4 Å². The molecule has 0 aliphatic carbocycles. The number of carbonyl (C=O) groups is 1. The zero-order valence-electron chi connectivity index (χ0n) is 8.74. The Bertz CT molecular complexity index is 245. The fourth-order valence-corrected chi connectivity index (χ4v) is 2.76. The Balaban J connectivity index is 0.000000853. The number of halogens is 1.